The smallest absolute Gasteiger partial charge is 0.139 e. The van der Waals surface area contributed by atoms with E-state index in [1.165, 1.54) is 19.4 Å². The van der Waals surface area contributed by atoms with E-state index in [1.807, 2.05) is 19.2 Å². The fraction of sp³-hybridized carbons (Fsp3) is 0.571. The zero-order valence-corrected chi connectivity index (χ0v) is 12.1. The first kappa shape index (κ1) is 12.8. The molecule has 0 saturated carbocycles. The molecule has 1 aromatic heterocycles. The van der Waals surface area contributed by atoms with Crippen LogP contribution in [0.2, 0.25) is 0 Å². The molecule has 1 unspecified atom stereocenters. The molecule has 0 spiro atoms. The predicted octanol–water partition coefficient (Wildman–Crippen LogP) is 1.31. The van der Waals surface area contributed by atoms with Crippen LogP contribution in [0.25, 0.3) is 0 Å². The number of hydrogen-bond donors (Lipinski definition) is 1. The van der Waals surface area contributed by atoms with Gasteiger partial charge in [0.05, 0.1) is 5.56 Å². The van der Waals surface area contributed by atoms with Crippen molar-refractivity contribution in [1.82, 2.24) is 9.88 Å². The molecule has 2 fully saturated rings. The van der Waals surface area contributed by atoms with Crippen molar-refractivity contribution in [2.45, 2.75) is 25.8 Å². The van der Waals surface area contributed by atoms with Gasteiger partial charge < -0.3 is 10.6 Å². The maximum Gasteiger partial charge on any atom is 0.139 e. The van der Waals surface area contributed by atoms with Gasteiger partial charge in [0.15, 0.2) is 0 Å². The van der Waals surface area contributed by atoms with E-state index in [1.54, 1.807) is 0 Å². The molecule has 0 radical (unpaired) electrons. The molecule has 102 valence electrons. The Hall–Kier alpha value is -1.20. The fourth-order valence-corrected chi connectivity index (χ4v) is 3.52. The van der Waals surface area contributed by atoms with E-state index in [-0.39, 0.29) is 0 Å². The second-order valence-corrected chi connectivity index (χ2v) is 5.91. The Labute approximate surface area is 119 Å². The molecule has 0 aromatic carbocycles. The van der Waals surface area contributed by atoms with Crippen molar-refractivity contribution in [3.63, 3.8) is 0 Å². The van der Waals surface area contributed by atoms with Crippen LogP contribution in [0.1, 0.15) is 24.0 Å². The summed E-state index contributed by atoms with van der Waals surface area (Å²) < 4.78 is 0. The Balaban J connectivity index is 1.90. The number of nitrogens with zero attached hydrogens (tertiary/aromatic N) is 3. The van der Waals surface area contributed by atoms with E-state index >= 15 is 0 Å². The van der Waals surface area contributed by atoms with E-state index < -0.39 is 0 Å². The summed E-state index contributed by atoms with van der Waals surface area (Å²) in [7, 11) is 0. The number of hydrogen-bond acceptors (Lipinski definition) is 4. The highest BCUT2D eigenvalue weighted by molar-refractivity contribution is 7.80. The van der Waals surface area contributed by atoms with Crippen LogP contribution in [0, 0.1) is 6.92 Å². The largest absolute Gasteiger partial charge is 0.389 e. The van der Waals surface area contributed by atoms with E-state index in [4.69, 9.17) is 18.0 Å². The van der Waals surface area contributed by atoms with E-state index in [0.717, 1.165) is 36.6 Å². The third kappa shape index (κ3) is 2.32. The maximum absolute atomic E-state index is 5.88. The second-order valence-electron chi connectivity index (χ2n) is 5.47. The summed E-state index contributed by atoms with van der Waals surface area (Å²) in [5.74, 6) is 0.971. The van der Waals surface area contributed by atoms with E-state index in [0.29, 0.717) is 11.0 Å². The minimum Gasteiger partial charge on any atom is -0.389 e. The van der Waals surface area contributed by atoms with E-state index in [9.17, 15) is 0 Å². The molecule has 2 saturated heterocycles. The van der Waals surface area contributed by atoms with Crippen molar-refractivity contribution in [3.8, 4) is 0 Å². The Bertz CT molecular complexity index is 502. The van der Waals surface area contributed by atoms with Crippen molar-refractivity contribution in [1.29, 1.82) is 0 Å². The maximum atomic E-state index is 5.88. The molecule has 2 aliphatic heterocycles. The number of piperazine rings is 1. The number of pyridine rings is 1. The highest BCUT2D eigenvalue weighted by Gasteiger charge is 2.32. The average molecular weight is 276 g/mol. The Kier molecular flexibility index (Phi) is 3.41. The summed E-state index contributed by atoms with van der Waals surface area (Å²) in [5, 5.41) is 0. The summed E-state index contributed by atoms with van der Waals surface area (Å²) in [4.78, 5) is 9.94. The topological polar surface area (TPSA) is 45.4 Å². The number of rotatable bonds is 2. The van der Waals surface area contributed by atoms with Gasteiger partial charge in [-0.1, -0.05) is 12.2 Å². The highest BCUT2D eigenvalue weighted by atomic mass is 32.1. The van der Waals surface area contributed by atoms with Crippen LogP contribution >= 0.6 is 12.2 Å². The third-order valence-corrected chi connectivity index (χ3v) is 4.48. The van der Waals surface area contributed by atoms with E-state index in [2.05, 4.69) is 14.8 Å². The molecule has 3 rings (SSSR count). The molecule has 19 heavy (non-hydrogen) atoms. The van der Waals surface area contributed by atoms with Crippen LogP contribution in [0.5, 0.6) is 0 Å². The average Bonchev–Trinajstić information content (AvgIpc) is 2.85. The monoisotopic (exact) mass is 276 g/mol. The summed E-state index contributed by atoms with van der Waals surface area (Å²) >= 11 is 5.20. The van der Waals surface area contributed by atoms with Crippen LogP contribution in [0.15, 0.2) is 12.3 Å². The van der Waals surface area contributed by atoms with Crippen LogP contribution in [-0.4, -0.2) is 47.1 Å². The molecule has 0 bridgehead atoms. The van der Waals surface area contributed by atoms with Gasteiger partial charge in [0.25, 0.3) is 0 Å². The van der Waals surface area contributed by atoms with Crippen LogP contribution in [0.4, 0.5) is 5.82 Å². The van der Waals surface area contributed by atoms with Crippen molar-refractivity contribution in [3.05, 3.63) is 23.4 Å². The van der Waals surface area contributed by atoms with Crippen molar-refractivity contribution in [2.24, 2.45) is 5.73 Å². The van der Waals surface area contributed by atoms with Gasteiger partial charge in [-0.3, -0.25) is 4.90 Å². The van der Waals surface area contributed by atoms with Gasteiger partial charge >= 0.3 is 0 Å². The minimum atomic E-state index is 0.453. The number of fused-ring (bicyclic) bond motifs is 1. The zero-order chi connectivity index (χ0) is 13.4. The van der Waals surface area contributed by atoms with Crippen molar-refractivity contribution < 1.29 is 0 Å². The lowest BCUT2D eigenvalue weighted by atomic mass is 10.1. The molecule has 0 amide bonds. The van der Waals surface area contributed by atoms with Gasteiger partial charge in [-0.2, -0.15) is 0 Å². The molecular formula is C14H20N4S. The minimum absolute atomic E-state index is 0.453. The Morgan fingerprint density at radius 2 is 2.26 bits per heavy atom. The number of thiocarbonyl (C=S) groups is 1. The molecule has 4 nitrogen and oxygen atoms in total. The first-order chi connectivity index (χ1) is 9.16. The number of aryl methyl sites for hydroxylation is 1. The molecule has 1 aromatic rings. The quantitative estimate of drug-likeness (QED) is 0.825. The van der Waals surface area contributed by atoms with Gasteiger partial charge in [-0.15, -0.1) is 0 Å². The molecule has 2 N–H and O–H groups in total. The molecular weight excluding hydrogens is 256 g/mol. The number of anilines is 1. The van der Waals surface area contributed by atoms with Gasteiger partial charge in [0.2, 0.25) is 0 Å². The Morgan fingerprint density at radius 3 is 3.05 bits per heavy atom. The lowest BCUT2D eigenvalue weighted by Gasteiger charge is -2.38. The molecule has 5 heteroatoms. The zero-order valence-electron chi connectivity index (χ0n) is 11.3. The lowest BCUT2D eigenvalue weighted by molar-refractivity contribution is 0.230. The molecule has 3 heterocycles. The Morgan fingerprint density at radius 1 is 1.42 bits per heavy atom. The molecule has 1 atom stereocenters. The fourth-order valence-electron chi connectivity index (χ4n) is 3.27. The summed E-state index contributed by atoms with van der Waals surface area (Å²) in [6, 6.07) is 2.65. The van der Waals surface area contributed by atoms with Gasteiger partial charge in [-0.05, 0) is 37.9 Å². The van der Waals surface area contributed by atoms with Gasteiger partial charge in [0, 0.05) is 31.9 Å². The van der Waals surface area contributed by atoms with Crippen LogP contribution in [-0.2, 0) is 0 Å². The first-order valence-corrected chi connectivity index (χ1v) is 7.32. The second kappa shape index (κ2) is 5.06. The summed E-state index contributed by atoms with van der Waals surface area (Å²) in [6.07, 6.45) is 4.47. The molecule has 0 aliphatic carbocycles. The summed E-state index contributed by atoms with van der Waals surface area (Å²) in [6.45, 7) is 6.49. The third-order valence-electron chi connectivity index (χ3n) is 4.27. The lowest BCUT2D eigenvalue weighted by Crippen LogP contribution is -2.50. The van der Waals surface area contributed by atoms with Crippen molar-refractivity contribution in [2.75, 3.05) is 31.1 Å². The normalized spacial score (nSPS) is 23.4. The van der Waals surface area contributed by atoms with Gasteiger partial charge in [0.1, 0.15) is 10.8 Å². The van der Waals surface area contributed by atoms with Gasteiger partial charge in [-0.25, -0.2) is 4.98 Å². The predicted molar refractivity (Wildman–Crippen MR) is 81.7 cm³/mol. The first-order valence-electron chi connectivity index (χ1n) is 6.91. The van der Waals surface area contributed by atoms with Crippen molar-refractivity contribution >= 4 is 23.0 Å². The summed E-state index contributed by atoms with van der Waals surface area (Å²) in [5.41, 5.74) is 7.95. The SMILES string of the molecule is Cc1ccnc(N2CCN3CCCC3C2)c1C(N)=S. The van der Waals surface area contributed by atoms with Crippen LogP contribution in [0.3, 0.4) is 0 Å². The number of aromatic nitrogens is 1. The molecule has 2 aliphatic rings. The standard InChI is InChI=1S/C14H20N4S/c1-10-4-5-16-14(12(10)13(15)19)18-8-7-17-6-2-3-11(17)9-18/h4-5,11H,2-3,6-9H2,1H3,(H2,15,19). The highest BCUT2D eigenvalue weighted by Crippen LogP contribution is 2.27. The number of nitrogens with two attached hydrogens (primary N) is 1. The van der Waals surface area contributed by atoms with Crippen LogP contribution < -0.4 is 10.6 Å².